The molecule has 2 N–H and O–H groups in total. The largest absolute Gasteiger partial charge is 0.444 e. The zero-order valence-electron chi connectivity index (χ0n) is 23.6. The number of nitrogens with one attached hydrogen (secondary N) is 2. The van der Waals surface area contributed by atoms with E-state index < -0.39 is 17.1 Å². The molecule has 0 atom stereocenters. The van der Waals surface area contributed by atoms with E-state index in [4.69, 9.17) is 9.47 Å². The fourth-order valence-corrected chi connectivity index (χ4v) is 4.44. The van der Waals surface area contributed by atoms with Gasteiger partial charge in [-0.3, -0.25) is 9.59 Å². The molecule has 0 unspecified atom stereocenters. The first-order valence-corrected chi connectivity index (χ1v) is 13.2. The van der Waals surface area contributed by atoms with Crippen molar-refractivity contribution in [1.82, 2.24) is 30.0 Å². The summed E-state index contributed by atoms with van der Waals surface area (Å²) < 4.78 is 12.4. The van der Waals surface area contributed by atoms with Crippen molar-refractivity contribution < 1.29 is 28.7 Å². The van der Waals surface area contributed by atoms with E-state index in [1.54, 1.807) is 16.8 Å². The van der Waals surface area contributed by atoms with Crippen LogP contribution in [0.1, 0.15) is 88.2 Å². The van der Waals surface area contributed by atoms with Crippen molar-refractivity contribution >= 4 is 24.0 Å². The number of imidazole rings is 1. The standard InChI is InChI=1S/C26H42N6O6/c1-25(2,3)37-23(35)31-12-8-17(9-13-31)28-21(33)19-20(30(7)16-27-19)22(34)29-18-10-14-32(15-11-18)24(36)38-26(4,5)6/h16-18H,8-15H2,1-7H3,(H,28,33)(H,29,34). The number of ether oxygens (including phenoxy) is 2. The minimum absolute atomic E-state index is 0.0609. The molecule has 12 nitrogen and oxygen atoms in total. The summed E-state index contributed by atoms with van der Waals surface area (Å²) in [6, 6.07) is -0.277. The lowest BCUT2D eigenvalue weighted by molar-refractivity contribution is 0.0187. The van der Waals surface area contributed by atoms with Gasteiger partial charge in [-0.15, -0.1) is 0 Å². The number of aromatic nitrogens is 2. The number of hydrogen-bond acceptors (Lipinski definition) is 7. The molecule has 0 bridgehead atoms. The summed E-state index contributed by atoms with van der Waals surface area (Å²) in [4.78, 5) is 58.2. The van der Waals surface area contributed by atoms with Crippen molar-refractivity contribution in [2.75, 3.05) is 26.2 Å². The molecule has 2 saturated heterocycles. The topological polar surface area (TPSA) is 135 Å². The lowest BCUT2D eigenvalue weighted by Gasteiger charge is -2.34. The van der Waals surface area contributed by atoms with Crippen LogP contribution in [0.5, 0.6) is 0 Å². The smallest absolute Gasteiger partial charge is 0.410 e. The molecule has 2 aliphatic rings. The van der Waals surface area contributed by atoms with Crippen LogP contribution in [0.2, 0.25) is 0 Å². The van der Waals surface area contributed by atoms with Crippen molar-refractivity contribution in [3.8, 4) is 0 Å². The Kier molecular flexibility index (Phi) is 8.94. The number of rotatable bonds is 4. The lowest BCUT2D eigenvalue weighted by Crippen LogP contribution is -2.49. The molecule has 0 aliphatic carbocycles. The minimum Gasteiger partial charge on any atom is -0.444 e. The van der Waals surface area contributed by atoms with Gasteiger partial charge in [-0.2, -0.15) is 0 Å². The second-order valence-corrected chi connectivity index (χ2v) is 12.0. The highest BCUT2D eigenvalue weighted by molar-refractivity contribution is 6.05. The number of carbonyl (C=O) groups excluding carboxylic acids is 4. The van der Waals surface area contributed by atoms with Gasteiger partial charge in [-0.1, -0.05) is 0 Å². The van der Waals surface area contributed by atoms with Crippen LogP contribution >= 0.6 is 0 Å². The van der Waals surface area contributed by atoms with Crippen molar-refractivity contribution in [2.24, 2.45) is 7.05 Å². The summed E-state index contributed by atoms with van der Waals surface area (Å²) in [5, 5.41) is 5.95. The predicted octanol–water partition coefficient (Wildman–Crippen LogP) is 2.68. The van der Waals surface area contributed by atoms with Crippen LogP contribution in [0.4, 0.5) is 9.59 Å². The molecule has 0 aromatic carbocycles. The molecular weight excluding hydrogens is 492 g/mol. The molecule has 1 aromatic rings. The normalized spacial score (nSPS) is 17.7. The number of piperidine rings is 2. The molecule has 38 heavy (non-hydrogen) atoms. The van der Waals surface area contributed by atoms with Gasteiger partial charge in [0, 0.05) is 45.3 Å². The number of hydrogen-bond donors (Lipinski definition) is 2. The number of amides is 4. The van der Waals surface area contributed by atoms with E-state index in [2.05, 4.69) is 15.6 Å². The van der Waals surface area contributed by atoms with E-state index in [1.807, 2.05) is 41.5 Å². The molecule has 0 radical (unpaired) electrons. The number of likely N-dealkylation sites (tertiary alicyclic amines) is 2. The molecule has 2 fully saturated rings. The Hall–Kier alpha value is -3.31. The van der Waals surface area contributed by atoms with Gasteiger partial charge < -0.3 is 34.5 Å². The second-order valence-electron chi connectivity index (χ2n) is 12.0. The van der Waals surface area contributed by atoms with E-state index in [0.717, 1.165) is 0 Å². The zero-order chi connectivity index (χ0) is 28.3. The van der Waals surface area contributed by atoms with E-state index in [-0.39, 0.29) is 41.6 Å². The summed E-state index contributed by atoms with van der Waals surface area (Å²) in [6.45, 7) is 12.8. The van der Waals surface area contributed by atoms with Crippen LogP contribution in [0, 0.1) is 0 Å². The Bertz CT molecular complexity index is 1020. The molecule has 1 aromatic heterocycles. The quantitative estimate of drug-likeness (QED) is 0.606. The van der Waals surface area contributed by atoms with Gasteiger partial charge in [0.2, 0.25) is 0 Å². The van der Waals surface area contributed by atoms with Crippen LogP contribution < -0.4 is 10.6 Å². The molecule has 4 amide bonds. The molecule has 0 saturated carbocycles. The lowest BCUT2D eigenvalue weighted by atomic mass is 10.0. The average Bonchev–Trinajstić information content (AvgIpc) is 3.19. The third-order valence-electron chi connectivity index (χ3n) is 6.33. The molecular formula is C26H42N6O6. The Morgan fingerprint density at radius 1 is 0.763 bits per heavy atom. The highest BCUT2D eigenvalue weighted by Gasteiger charge is 2.32. The molecule has 3 heterocycles. The van der Waals surface area contributed by atoms with Gasteiger partial charge in [0.15, 0.2) is 5.69 Å². The molecule has 0 spiro atoms. The maximum absolute atomic E-state index is 13.1. The van der Waals surface area contributed by atoms with Gasteiger partial charge in [0.05, 0.1) is 6.33 Å². The monoisotopic (exact) mass is 534 g/mol. The third-order valence-corrected chi connectivity index (χ3v) is 6.33. The van der Waals surface area contributed by atoms with Crippen molar-refractivity contribution in [1.29, 1.82) is 0 Å². The summed E-state index contributed by atoms with van der Waals surface area (Å²) in [5.74, 6) is -0.808. The van der Waals surface area contributed by atoms with Crippen LogP contribution in [0.15, 0.2) is 6.33 Å². The Labute approximate surface area is 224 Å². The zero-order valence-corrected chi connectivity index (χ0v) is 23.6. The SMILES string of the molecule is Cn1cnc(C(=O)NC2CCN(C(=O)OC(C)(C)C)CC2)c1C(=O)NC1CCN(C(=O)OC(C)(C)C)CC1. The van der Waals surface area contributed by atoms with Crippen LogP contribution in [-0.2, 0) is 16.5 Å². The first-order chi connectivity index (χ1) is 17.6. The van der Waals surface area contributed by atoms with E-state index in [0.29, 0.717) is 51.9 Å². The molecule has 3 rings (SSSR count). The van der Waals surface area contributed by atoms with Crippen LogP contribution in [0.3, 0.4) is 0 Å². The van der Waals surface area contributed by atoms with Crippen molar-refractivity contribution in [3.63, 3.8) is 0 Å². The molecule has 12 heteroatoms. The van der Waals surface area contributed by atoms with Crippen molar-refractivity contribution in [2.45, 2.75) is 90.5 Å². The van der Waals surface area contributed by atoms with Crippen LogP contribution in [-0.4, -0.2) is 92.8 Å². The van der Waals surface area contributed by atoms with Gasteiger partial charge in [0.25, 0.3) is 11.8 Å². The summed E-state index contributed by atoms with van der Waals surface area (Å²) in [7, 11) is 1.67. The molecule has 212 valence electrons. The van der Waals surface area contributed by atoms with Gasteiger partial charge in [-0.05, 0) is 67.2 Å². The van der Waals surface area contributed by atoms with Crippen molar-refractivity contribution in [3.05, 3.63) is 17.7 Å². The molecule has 2 aliphatic heterocycles. The van der Waals surface area contributed by atoms with E-state index in [1.165, 1.54) is 10.9 Å². The Morgan fingerprint density at radius 3 is 1.55 bits per heavy atom. The third kappa shape index (κ3) is 8.09. The predicted molar refractivity (Wildman–Crippen MR) is 140 cm³/mol. The Balaban J connectivity index is 1.52. The van der Waals surface area contributed by atoms with Gasteiger partial charge in [0.1, 0.15) is 16.9 Å². The fourth-order valence-electron chi connectivity index (χ4n) is 4.44. The highest BCUT2D eigenvalue weighted by Crippen LogP contribution is 2.18. The number of nitrogens with zero attached hydrogens (tertiary/aromatic N) is 4. The maximum Gasteiger partial charge on any atom is 0.410 e. The summed E-state index contributed by atoms with van der Waals surface area (Å²) in [6.07, 6.45) is 3.06. The average molecular weight is 535 g/mol. The summed E-state index contributed by atoms with van der Waals surface area (Å²) in [5.41, 5.74) is -0.880. The maximum atomic E-state index is 13.1. The number of aryl methyl sites for hydroxylation is 1. The van der Waals surface area contributed by atoms with Gasteiger partial charge >= 0.3 is 12.2 Å². The minimum atomic E-state index is -0.562. The van der Waals surface area contributed by atoms with E-state index >= 15 is 0 Å². The second kappa shape index (κ2) is 11.6. The van der Waals surface area contributed by atoms with E-state index in [9.17, 15) is 19.2 Å². The Morgan fingerprint density at radius 2 is 1.16 bits per heavy atom. The highest BCUT2D eigenvalue weighted by atomic mass is 16.6. The number of carbonyl (C=O) groups is 4. The fraction of sp³-hybridized carbons (Fsp3) is 0.731. The van der Waals surface area contributed by atoms with Gasteiger partial charge in [-0.25, -0.2) is 14.6 Å². The van der Waals surface area contributed by atoms with Crippen LogP contribution in [0.25, 0.3) is 0 Å². The first kappa shape index (κ1) is 29.2. The summed E-state index contributed by atoms with van der Waals surface area (Å²) >= 11 is 0. The first-order valence-electron chi connectivity index (χ1n) is 13.2.